The molecule has 0 saturated carbocycles. The van der Waals surface area contributed by atoms with Crippen LogP contribution >= 0.6 is 0 Å². The second kappa shape index (κ2) is 10.2. The van der Waals surface area contributed by atoms with Gasteiger partial charge in [-0.05, 0) is 23.3 Å². The third-order valence-corrected chi connectivity index (χ3v) is 5.01. The van der Waals surface area contributed by atoms with Gasteiger partial charge in [-0.2, -0.15) is 8.78 Å². The lowest BCUT2D eigenvalue weighted by atomic mass is 10.0. The van der Waals surface area contributed by atoms with E-state index in [4.69, 9.17) is 4.74 Å². The van der Waals surface area contributed by atoms with Crippen LogP contribution in [0.5, 0.6) is 0 Å². The van der Waals surface area contributed by atoms with Crippen LogP contribution in [0.1, 0.15) is 37.1 Å². The van der Waals surface area contributed by atoms with E-state index in [0.29, 0.717) is 6.54 Å². The third kappa shape index (κ3) is 5.59. The number of nitrogens with zero attached hydrogens (tertiary/aromatic N) is 4. The molecule has 8 nitrogen and oxygen atoms in total. The summed E-state index contributed by atoms with van der Waals surface area (Å²) in [5.74, 6) is -2.68. The second-order valence-corrected chi connectivity index (χ2v) is 7.17. The van der Waals surface area contributed by atoms with E-state index in [-0.39, 0.29) is 12.2 Å². The van der Waals surface area contributed by atoms with Crippen LogP contribution in [0.2, 0.25) is 0 Å². The number of benzene rings is 1. The average molecular weight is 421 g/mol. The molecule has 1 saturated heterocycles. The zero-order chi connectivity index (χ0) is 21.4. The van der Waals surface area contributed by atoms with E-state index in [1.165, 1.54) is 35.2 Å². The molecule has 162 valence electrons. The van der Waals surface area contributed by atoms with Crippen LogP contribution < -0.4 is 0 Å². The van der Waals surface area contributed by atoms with Crippen LogP contribution in [-0.4, -0.2) is 62.0 Å². The minimum absolute atomic E-state index is 0.0808. The quantitative estimate of drug-likeness (QED) is 0.427. The molecule has 1 aliphatic heterocycles. The molecule has 0 aliphatic carbocycles. The lowest BCUT2D eigenvalue weighted by Crippen LogP contribution is -2.34. The van der Waals surface area contributed by atoms with Gasteiger partial charge in [-0.3, -0.25) is 4.90 Å². The molecule has 0 spiro atoms. The lowest BCUT2D eigenvalue weighted by molar-refractivity contribution is -0.0929. The number of hydrogen-bond donors (Lipinski definition) is 2. The molecule has 3 rings (SSSR count). The number of hydrogen-bond acceptors (Lipinski definition) is 6. The first-order chi connectivity index (χ1) is 14.5. The number of unbranched alkanes of at least 4 members (excludes halogenated alkanes) is 3. The molecular weight excluding hydrogens is 396 g/mol. The number of aliphatic hydroxyl groups excluding tert-OH is 1. The number of aryl methyl sites for hydroxylation is 1. The van der Waals surface area contributed by atoms with Crippen LogP contribution in [0.15, 0.2) is 42.5 Å². The van der Waals surface area contributed by atoms with Crippen molar-refractivity contribution in [2.24, 2.45) is 0 Å². The van der Waals surface area contributed by atoms with E-state index in [1.54, 1.807) is 6.07 Å². The number of aromatic amines is 1. The van der Waals surface area contributed by atoms with Crippen molar-refractivity contribution in [2.45, 2.75) is 50.2 Å². The van der Waals surface area contributed by atoms with Gasteiger partial charge in [-0.25, -0.2) is 9.89 Å². The van der Waals surface area contributed by atoms with Gasteiger partial charge in [0.1, 0.15) is 18.5 Å². The summed E-state index contributed by atoms with van der Waals surface area (Å²) in [6, 6.07) is 6.68. The maximum Gasteiger partial charge on any atom is 0.410 e. The number of H-pyrrole nitrogens is 1. The standard InChI is InChI=1S/C20H25F2N5O3/c21-20(22,15-8-4-3-5-9-15)17(28)12-11-16-14-30-19(29)27(16)13-7-2-1-6-10-18-23-25-26-24-18/h3-5,8-9,11-12,16-17,28H,1-2,6-7,10,13-14H2,(H,23,24,25,26)/t16-,17-/m0/s1. The Hall–Kier alpha value is -2.88. The predicted molar refractivity (Wildman–Crippen MR) is 104 cm³/mol. The van der Waals surface area contributed by atoms with Crippen molar-refractivity contribution in [3.05, 3.63) is 53.9 Å². The Kier molecular flexibility index (Phi) is 7.45. The number of amides is 1. The van der Waals surface area contributed by atoms with Crippen LogP contribution in [-0.2, 0) is 17.1 Å². The molecule has 1 amide bonds. The molecule has 2 heterocycles. The Morgan fingerprint density at radius 2 is 2.03 bits per heavy atom. The largest absolute Gasteiger partial charge is 0.447 e. The molecular formula is C20H25F2N5O3. The van der Waals surface area contributed by atoms with Crippen LogP contribution in [0.3, 0.4) is 0 Å². The Labute approximate surface area is 172 Å². The van der Waals surface area contributed by atoms with Gasteiger partial charge in [-0.15, -0.1) is 5.10 Å². The van der Waals surface area contributed by atoms with Gasteiger partial charge in [0, 0.05) is 18.5 Å². The Morgan fingerprint density at radius 1 is 1.27 bits per heavy atom. The first-order valence-corrected chi connectivity index (χ1v) is 9.94. The van der Waals surface area contributed by atoms with Gasteiger partial charge in [0.15, 0.2) is 0 Å². The number of tetrazole rings is 1. The molecule has 10 heteroatoms. The molecule has 1 aliphatic rings. The summed E-state index contributed by atoms with van der Waals surface area (Å²) in [5.41, 5.74) is -0.265. The minimum atomic E-state index is -3.43. The van der Waals surface area contributed by atoms with E-state index < -0.39 is 24.2 Å². The highest BCUT2D eigenvalue weighted by molar-refractivity contribution is 5.70. The summed E-state index contributed by atoms with van der Waals surface area (Å²) in [6.07, 6.45) is 4.29. The number of carbonyl (C=O) groups excluding carboxylic acids is 1. The molecule has 0 unspecified atom stereocenters. The topological polar surface area (TPSA) is 104 Å². The molecule has 30 heavy (non-hydrogen) atoms. The third-order valence-electron chi connectivity index (χ3n) is 5.01. The van der Waals surface area contributed by atoms with E-state index in [2.05, 4.69) is 20.6 Å². The Balaban J connectivity index is 1.45. The summed E-state index contributed by atoms with van der Waals surface area (Å²) < 4.78 is 33.8. The first-order valence-electron chi connectivity index (χ1n) is 9.94. The van der Waals surface area contributed by atoms with Gasteiger partial charge in [0.25, 0.3) is 0 Å². The summed E-state index contributed by atoms with van der Waals surface area (Å²) in [7, 11) is 0. The van der Waals surface area contributed by atoms with Crippen molar-refractivity contribution in [1.29, 1.82) is 0 Å². The van der Waals surface area contributed by atoms with Gasteiger partial charge >= 0.3 is 12.0 Å². The van der Waals surface area contributed by atoms with Crippen LogP contribution in [0.25, 0.3) is 0 Å². The van der Waals surface area contributed by atoms with Crippen molar-refractivity contribution in [2.75, 3.05) is 13.2 Å². The highest BCUT2D eigenvalue weighted by Gasteiger charge is 2.39. The minimum Gasteiger partial charge on any atom is -0.447 e. The van der Waals surface area contributed by atoms with Crippen molar-refractivity contribution < 1.29 is 23.4 Å². The zero-order valence-electron chi connectivity index (χ0n) is 16.5. The van der Waals surface area contributed by atoms with E-state index >= 15 is 0 Å². The lowest BCUT2D eigenvalue weighted by Gasteiger charge is -2.22. The summed E-state index contributed by atoms with van der Waals surface area (Å²) in [4.78, 5) is 13.5. The average Bonchev–Trinajstić information content (AvgIpc) is 3.39. The van der Waals surface area contributed by atoms with Crippen molar-refractivity contribution in [1.82, 2.24) is 25.5 Å². The number of ether oxygens (including phenoxy) is 1. The molecule has 0 bridgehead atoms. The molecule has 2 N–H and O–H groups in total. The number of aromatic nitrogens is 4. The number of rotatable bonds is 11. The molecule has 0 radical (unpaired) electrons. The first kappa shape index (κ1) is 21.8. The number of nitrogens with one attached hydrogen (secondary N) is 1. The predicted octanol–water partition coefficient (Wildman–Crippen LogP) is 2.83. The van der Waals surface area contributed by atoms with Crippen molar-refractivity contribution in [3.63, 3.8) is 0 Å². The zero-order valence-corrected chi connectivity index (χ0v) is 16.5. The number of halogens is 2. The fraction of sp³-hybridized carbons (Fsp3) is 0.500. The number of alkyl halides is 2. The van der Waals surface area contributed by atoms with E-state index in [0.717, 1.165) is 44.0 Å². The normalized spacial score (nSPS) is 18.2. The van der Waals surface area contributed by atoms with Gasteiger partial charge < -0.3 is 9.84 Å². The second-order valence-electron chi connectivity index (χ2n) is 7.17. The van der Waals surface area contributed by atoms with Gasteiger partial charge in [-0.1, -0.05) is 55.3 Å². The smallest absolute Gasteiger partial charge is 0.410 e. The molecule has 2 atom stereocenters. The number of aliphatic hydroxyl groups is 1. The van der Waals surface area contributed by atoms with E-state index in [9.17, 15) is 18.7 Å². The number of carbonyl (C=O) groups is 1. The maximum absolute atomic E-state index is 14.4. The Morgan fingerprint density at radius 3 is 2.77 bits per heavy atom. The van der Waals surface area contributed by atoms with Gasteiger partial charge in [0.2, 0.25) is 0 Å². The van der Waals surface area contributed by atoms with Crippen LogP contribution in [0, 0.1) is 0 Å². The summed E-state index contributed by atoms with van der Waals surface area (Å²) >= 11 is 0. The highest BCUT2D eigenvalue weighted by Crippen LogP contribution is 2.32. The molecule has 1 aromatic carbocycles. The monoisotopic (exact) mass is 421 g/mol. The molecule has 1 aromatic heterocycles. The van der Waals surface area contributed by atoms with Gasteiger partial charge in [0.05, 0.1) is 6.04 Å². The van der Waals surface area contributed by atoms with Crippen molar-refractivity contribution >= 4 is 6.09 Å². The summed E-state index contributed by atoms with van der Waals surface area (Å²) in [6.45, 7) is 0.542. The molecule has 2 aromatic rings. The fourth-order valence-electron chi connectivity index (χ4n) is 3.28. The Bertz CT molecular complexity index is 817. The number of cyclic esters (lactones) is 1. The van der Waals surface area contributed by atoms with E-state index in [1.807, 2.05) is 0 Å². The molecule has 1 fully saturated rings. The fourth-order valence-corrected chi connectivity index (χ4v) is 3.28. The van der Waals surface area contributed by atoms with Crippen LogP contribution in [0.4, 0.5) is 13.6 Å². The summed E-state index contributed by atoms with van der Waals surface area (Å²) in [5, 5.41) is 23.6. The SMILES string of the molecule is O=C1OC[C@H](C=C[C@H](O)C(F)(F)c2ccccc2)N1CCCCCCc1nnn[nH]1. The highest BCUT2D eigenvalue weighted by atomic mass is 19.3. The van der Waals surface area contributed by atoms with Crippen molar-refractivity contribution in [3.8, 4) is 0 Å². The maximum atomic E-state index is 14.4.